The molecule has 1 aliphatic rings. The number of hydrazine groups is 1. The van der Waals surface area contributed by atoms with Gasteiger partial charge in [-0.2, -0.15) is 0 Å². The van der Waals surface area contributed by atoms with Crippen molar-refractivity contribution in [2.75, 3.05) is 5.32 Å². The fraction of sp³-hybridized carbons (Fsp3) is 0.462. The molecule has 0 radical (unpaired) electrons. The highest BCUT2D eigenvalue weighted by Gasteiger charge is 2.14. The first-order valence-electron chi connectivity index (χ1n) is 6.56. The molecule has 0 aromatic heterocycles. The molecule has 1 aromatic rings. The van der Waals surface area contributed by atoms with Gasteiger partial charge in [-0.15, -0.1) is 0 Å². The van der Waals surface area contributed by atoms with Crippen LogP contribution in [0.3, 0.4) is 0 Å². The first kappa shape index (κ1) is 14.6. The van der Waals surface area contributed by atoms with Crippen molar-refractivity contribution in [3.8, 4) is 0 Å². The summed E-state index contributed by atoms with van der Waals surface area (Å²) < 4.78 is 39.1. The molecule has 0 bridgehead atoms. The summed E-state index contributed by atoms with van der Waals surface area (Å²) in [6.45, 7) is 0. The summed E-state index contributed by atoms with van der Waals surface area (Å²) in [6, 6.07) is 1.84. The van der Waals surface area contributed by atoms with Crippen LogP contribution in [0.1, 0.15) is 32.1 Å². The van der Waals surface area contributed by atoms with Crippen molar-refractivity contribution in [3.63, 3.8) is 0 Å². The van der Waals surface area contributed by atoms with E-state index in [1.807, 2.05) is 0 Å². The monoisotopic (exact) mass is 286 g/mol. The van der Waals surface area contributed by atoms with E-state index in [1.165, 1.54) is 6.42 Å². The number of aliphatic imine (C=N–C) groups is 1. The van der Waals surface area contributed by atoms with Gasteiger partial charge in [0.05, 0.1) is 6.04 Å². The zero-order valence-corrected chi connectivity index (χ0v) is 10.9. The molecule has 1 aliphatic carbocycles. The van der Waals surface area contributed by atoms with Crippen LogP contribution >= 0.6 is 0 Å². The van der Waals surface area contributed by atoms with Gasteiger partial charge >= 0.3 is 0 Å². The second-order valence-electron chi connectivity index (χ2n) is 4.79. The van der Waals surface area contributed by atoms with Gasteiger partial charge in [0.25, 0.3) is 0 Å². The predicted molar refractivity (Wildman–Crippen MR) is 71.6 cm³/mol. The number of guanidine groups is 1. The van der Waals surface area contributed by atoms with Gasteiger partial charge in [0, 0.05) is 17.8 Å². The molecule has 0 unspecified atom stereocenters. The van der Waals surface area contributed by atoms with Crippen LogP contribution in [-0.2, 0) is 0 Å². The number of hydrogen-bond donors (Lipinski definition) is 3. The molecule has 0 amide bonds. The smallest absolute Gasteiger partial charge is 0.210 e. The fourth-order valence-electron chi connectivity index (χ4n) is 2.26. The SMILES string of the molecule is NNC(=NC1CCCCC1)Nc1cc(F)c(F)c(F)c1. The normalized spacial score (nSPS) is 17.1. The van der Waals surface area contributed by atoms with Crippen molar-refractivity contribution in [1.29, 1.82) is 0 Å². The third-order valence-electron chi connectivity index (χ3n) is 3.27. The van der Waals surface area contributed by atoms with E-state index in [1.54, 1.807) is 0 Å². The molecule has 0 atom stereocenters. The maximum Gasteiger partial charge on any atom is 0.210 e. The van der Waals surface area contributed by atoms with E-state index in [9.17, 15) is 13.2 Å². The fourth-order valence-corrected chi connectivity index (χ4v) is 2.26. The minimum absolute atomic E-state index is 0.0499. The lowest BCUT2D eigenvalue weighted by Gasteiger charge is -2.19. The number of benzene rings is 1. The van der Waals surface area contributed by atoms with Gasteiger partial charge in [0.15, 0.2) is 17.5 Å². The van der Waals surface area contributed by atoms with Gasteiger partial charge in [-0.05, 0) is 12.8 Å². The summed E-state index contributed by atoms with van der Waals surface area (Å²) in [6.07, 6.45) is 5.31. The molecule has 0 heterocycles. The Morgan fingerprint density at radius 1 is 1.10 bits per heavy atom. The molecule has 0 saturated heterocycles. The number of nitrogens with zero attached hydrogens (tertiary/aromatic N) is 1. The number of nitrogens with one attached hydrogen (secondary N) is 2. The number of hydrogen-bond acceptors (Lipinski definition) is 2. The number of rotatable bonds is 2. The van der Waals surface area contributed by atoms with Crippen molar-refractivity contribution >= 4 is 11.6 Å². The van der Waals surface area contributed by atoms with Crippen LogP contribution in [0, 0.1) is 17.5 Å². The van der Waals surface area contributed by atoms with Gasteiger partial charge in [-0.25, -0.2) is 24.0 Å². The molecular weight excluding hydrogens is 269 g/mol. The second-order valence-corrected chi connectivity index (χ2v) is 4.79. The number of halogens is 3. The highest BCUT2D eigenvalue weighted by Crippen LogP contribution is 2.21. The summed E-state index contributed by atoms with van der Waals surface area (Å²) in [5.41, 5.74) is 2.40. The van der Waals surface area contributed by atoms with Crippen LogP contribution < -0.4 is 16.6 Å². The maximum atomic E-state index is 13.1. The first-order chi connectivity index (χ1) is 9.60. The van der Waals surface area contributed by atoms with Crippen LogP contribution in [-0.4, -0.2) is 12.0 Å². The van der Waals surface area contributed by atoms with Crippen LogP contribution in [0.25, 0.3) is 0 Å². The summed E-state index contributed by atoms with van der Waals surface area (Å²) in [5, 5.41) is 2.65. The Labute approximate surface area is 115 Å². The third-order valence-corrected chi connectivity index (χ3v) is 3.27. The number of anilines is 1. The lowest BCUT2D eigenvalue weighted by molar-refractivity contribution is 0.442. The van der Waals surface area contributed by atoms with E-state index in [0.29, 0.717) is 0 Å². The molecule has 4 N–H and O–H groups in total. The van der Waals surface area contributed by atoms with Gasteiger partial charge < -0.3 is 5.32 Å². The predicted octanol–water partition coefficient (Wildman–Crippen LogP) is 2.67. The molecule has 0 spiro atoms. The average Bonchev–Trinajstić information content (AvgIpc) is 2.45. The molecule has 1 saturated carbocycles. The first-order valence-corrected chi connectivity index (χ1v) is 6.56. The van der Waals surface area contributed by atoms with Crippen molar-refractivity contribution in [1.82, 2.24) is 5.43 Å². The zero-order valence-electron chi connectivity index (χ0n) is 10.9. The Morgan fingerprint density at radius 2 is 1.70 bits per heavy atom. The molecule has 1 aromatic carbocycles. The van der Waals surface area contributed by atoms with Gasteiger partial charge in [-0.1, -0.05) is 19.3 Å². The third kappa shape index (κ3) is 3.63. The molecule has 7 heteroatoms. The zero-order chi connectivity index (χ0) is 14.5. The highest BCUT2D eigenvalue weighted by atomic mass is 19.2. The largest absolute Gasteiger partial charge is 0.325 e. The van der Waals surface area contributed by atoms with Crippen molar-refractivity contribution in [2.45, 2.75) is 38.1 Å². The lowest BCUT2D eigenvalue weighted by Crippen LogP contribution is -2.37. The standard InChI is InChI=1S/C13H17F3N4/c14-10-6-9(7-11(15)12(10)16)19-13(20-17)18-8-4-2-1-3-5-8/h6-8H,1-5,17H2,(H2,18,19,20). The Kier molecular flexibility index (Phi) is 4.84. The van der Waals surface area contributed by atoms with Gasteiger partial charge in [0.1, 0.15) is 0 Å². The highest BCUT2D eigenvalue weighted by molar-refractivity contribution is 5.93. The van der Waals surface area contributed by atoms with E-state index in [0.717, 1.165) is 37.8 Å². The van der Waals surface area contributed by atoms with Crippen LogP contribution in [0.5, 0.6) is 0 Å². The quantitative estimate of drug-likeness (QED) is 0.257. The topological polar surface area (TPSA) is 62.4 Å². The number of nitrogens with two attached hydrogens (primary N) is 1. The summed E-state index contributed by atoms with van der Waals surface area (Å²) in [4.78, 5) is 4.36. The lowest BCUT2D eigenvalue weighted by atomic mass is 9.96. The minimum atomic E-state index is -1.50. The average molecular weight is 286 g/mol. The molecule has 2 rings (SSSR count). The molecular formula is C13H17F3N4. The summed E-state index contributed by atoms with van der Waals surface area (Å²) >= 11 is 0. The molecule has 110 valence electrons. The molecule has 20 heavy (non-hydrogen) atoms. The Bertz CT molecular complexity index is 475. The summed E-state index contributed by atoms with van der Waals surface area (Å²) in [7, 11) is 0. The van der Waals surface area contributed by atoms with Gasteiger partial charge in [0.2, 0.25) is 5.96 Å². The van der Waals surface area contributed by atoms with Crippen molar-refractivity contribution < 1.29 is 13.2 Å². The molecule has 1 fully saturated rings. The van der Waals surface area contributed by atoms with Crippen LogP contribution in [0.2, 0.25) is 0 Å². The van der Waals surface area contributed by atoms with E-state index in [-0.39, 0.29) is 17.7 Å². The Hall–Kier alpha value is -1.76. The van der Waals surface area contributed by atoms with E-state index in [4.69, 9.17) is 5.84 Å². The molecule has 0 aliphatic heterocycles. The Balaban J connectivity index is 2.11. The van der Waals surface area contributed by atoms with E-state index < -0.39 is 17.5 Å². The summed E-state index contributed by atoms with van der Waals surface area (Å²) in [5.74, 6) is 1.53. The minimum Gasteiger partial charge on any atom is -0.325 e. The van der Waals surface area contributed by atoms with E-state index in [2.05, 4.69) is 15.7 Å². The second kappa shape index (κ2) is 6.60. The molecule has 4 nitrogen and oxygen atoms in total. The van der Waals surface area contributed by atoms with Crippen LogP contribution in [0.4, 0.5) is 18.9 Å². The maximum absolute atomic E-state index is 13.1. The van der Waals surface area contributed by atoms with E-state index >= 15 is 0 Å². The van der Waals surface area contributed by atoms with Gasteiger partial charge in [-0.3, -0.25) is 5.43 Å². The van der Waals surface area contributed by atoms with Crippen LogP contribution in [0.15, 0.2) is 17.1 Å². The van der Waals surface area contributed by atoms with Crippen molar-refractivity contribution in [3.05, 3.63) is 29.6 Å². The van der Waals surface area contributed by atoms with Crippen molar-refractivity contribution in [2.24, 2.45) is 10.8 Å². The Morgan fingerprint density at radius 3 is 2.25 bits per heavy atom.